The van der Waals surface area contributed by atoms with Crippen molar-refractivity contribution in [2.75, 3.05) is 11.9 Å². The lowest BCUT2D eigenvalue weighted by molar-refractivity contribution is -0.153. The van der Waals surface area contributed by atoms with E-state index in [0.717, 1.165) is 4.47 Å². The third-order valence-electron chi connectivity index (χ3n) is 3.12. The van der Waals surface area contributed by atoms with E-state index in [1.165, 1.54) is 6.92 Å². The highest BCUT2D eigenvalue weighted by Crippen LogP contribution is 2.21. The van der Waals surface area contributed by atoms with E-state index in [2.05, 4.69) is 21.2 Å². The number of carbonyl (C=O) groups excluding carboxylic acids is 2. The van der Waals surface area contributed by atoms with E-state index in [4.69, 9.17) is 14.7 Å². The largest absolute Gasteiger partial charge is 0.479 e. The van der Waals surface area contributed by atoms with Crippen molar-refractivity contribution in [2.24, 2.45) is 0 Å². The van der Waals surface area contributed by atoms with Crippen molar-refractivity contribution in [3.05, 3.63) is 58.6 Å². The lowest BCUT2D eigenvalue weighted by Gasteiger charge is -2.14. The molecule has 128 valence electrons. The third-order valence-corrected chi connectivity index (χ3v) is 3.81. The van der Waals surface area contributed by atoms with Crippen molar-refractivity contribution in [3.63, 3.8) is 0 Å². The maximum absolute atomic E-state index is 11.9. The van der Waals surface area contributed by atoms with Crippen LogP contribution in [0.15, 0.2) is 53.0 Å². The molecule has 1 N–H and O–H groups in total. The van der Waals surface area contributed by atoms with Gasteiger partial charge in [0.15, 0.2) is 12.7 Å². The Hall–Kier alpha value is -2.85. The van der Waals surface area contributed by atoms with Gasteiger partial charge in [0.2, 0.25) is 0 Å². The summed E-state index contributed by atoms with van der Waals surface area (Å²) < 4.78 is 11.1. The first-order chi connectivity index (χ1) is 12.0. The molecule has 2 rings (SSSR count). The van der Waals surface area contributed by atoms with E-state index in [1.54, 1.807) is 42.5 Å². The van der Waals surface area contributed by atoms with Crippen LogP contribution >= 0.6 is 15.9 Å². The number of ether oxygens (including phenoxy) is 2. The fourth-order valence-corrected chi connectivity index (χ4v) is 2.25. The lowest BCUT2D eigenvalue weighted by atomic mass is 10.2. The number of nitrogens with zero attached hydrogens (tertiary/aromatic N) is 1. The molecule has 0 aliphatic rings. The normalized spacial score (nSPS) is 11.1. The quantitative estimate of drug-likeness (QED) is 0.748. The van der Waals surface area contributed by atoms with Gasteiger partial charge < -0.3 is 14.8 Å². The Morgan fingerprint density at radius 1 is 1.20 bits per heavy atom. The van der Waals surface area contributed by atoms with Crippen molar-refractivity contribution in [2.45, 2.75) is 13.0 Å². The number of esters is 1. The highest BCUT2D eigenvalue weighted by Gasteiger charge is 2.18. The number of amides is 1. The van der Waals surface area contributed by atoms with Gasteiger partial charge in [0.05, 0.1) is 17.3 Å². The Morgan fingerprint density at radius 3 is 2.52 bits per heavy atom. The number of carbonyl (C=O) groups is 2. The van der Waals surface area contributed by atoms with Crippen LogP contribution in [0.5, 0.6) is 5.75 Å². The minimum atomic E-state index is -0.885. The fourth-order valence-electron chi connectivity index (χ4n) is 1.86. The molecule has 0 spiro atoms. The van der Waals surface area contributed by atoms with E-state index < -0.39 is 24.6 Å². The second kappa shape index (κ2) is 8.85. The van der Waals surface area contributed by atoms with Crippen LogP contribution < -0.4 is 10.1 Å². The number of benzene rings is 2. The molecule has 0 aliphatic carbocycles. The number of anilines is 1. The zero-order valence-corrected chi connectivity index (χ0v) is 14.9. The molecule has 1 amide bonds. The average Bonchev–Trinajstić information content (AvgIpc) is 2.62. The van der Waals surface area contributed by atoms with Crippen molar-refractivity contribution in [3.8, 4) is 11.8 Å². The van der Waals surface area contributed by atoms with E-state index in [1.807, 2.05) is 12.1 Å². The smallest absolute Gasteiger partial charge is 0.347 e. The number of nitriles is 1. The summed E-state index contributed by atoms with van der Waals surface area (Å²) in [5, 5.41) is 11.4. The fraction of sp³-hybridized carbons (Fsp3) is 0.167. The SMILES string of the molecule is C[C@H](Oc1ccc(C#N)cc1)C(=O)OCC(=O)Nc1ccccc1Br. The van der Waals surface area contributed by atoms with Crippen LogP contribution in [0.1, 0.15) is 12.5 Å². The van der Waals surface area contributed by atoms with E-state index in [-0.39, 0.29) is 0 Å². The number of nitrogens with one attached hydrogen (secondary N) is 1. The first kappa shape index (κ1) is 18.5. The summed E-state index contributed by atoms with van der Waals surface area (Å²) in [6, 6.07) is 15.4. The monoisotopic (exact) mass is 402 g/mol. The molecule has 7 heteroatoms. The van der Waals surface area contributed by atoms with Gasteiger partial charge in [0, 0.05) is 4.47 Å². The van der Waals surface area contributed by atoms with Crippen LogP contribution in [0.3, 0.4) is 0 Å². The van der Waals surface area contributed by atoms with Crippen molar-refractivity contribution < 1.29 is 19.1 Å². The lowest BCUT2D eigenvalue weighted by Crippen LogP contribution is -2.29. The van der Waals surface area contributed by atoms with Gasteiger partial charge in [0.1, 0.15) is 5.75 Å². The molecular weight excluding hydrogens is 388 g/mol. The second-order valence-electron chi connectivity index (χ2n) is 5.03. The average molecular weight is 403 g/mol. The highest BCUT2D eigenvalue weighted by atomic mass is 79.9. The van der Waals surface area contributed by atoms with Gasteiger partial charge in [-0.05, 0) is 59.3 Å². The van der Waals surface area contributed by atoms with Gasteiger partial charge in [-0.1, -0.05) is 12.1 Å². The highest BCUT2D eigenvalue weighted by molar-refractivity contribution is 9.10. The van der Waals surface area contributed by atoms with Crippen LogP contribution in [-0.2, 0) is 14.3 Å². The summed E-state index contributed by atoms with van der Waals surface area (Å²) in [6.07, 6.45) is -0.885. The molecule has 0 saturated carbocycles. The summed E-state index contributed by atoms with van der Waals surface area (Å²) >= 11 is 3.31. The maximum atomic E-state index is 11.9. The minimum Gasteiger partial charge on any atom is -0.479 e. The number of halogens is 1. The first-order valence-electron chi connectivity index (χ1n) is 7.37. The molecule has 0 fully saturated rings. The summed E-state index contributed by atoms with van der Waals surface area (Å²) in [4.78, 5) is 23.7. The molecule has 2 aromatic rings. The predicted octanol–water partition coefficient (Wildman–Crippen LogP) is 3.27. The summed E-state index contributed by atoms with van der Waals surface area (Å²) in [7, 11) is 0. The number of rotatable bonds is 6. The number of para-hydroxylation sites is 1. The molecule has 6 nitrogen and oxygen atoms in total. The van der Waals surface area contributed by atoms with Crippen molar-refractivity contribution in [1.29, 1.82) is 5.26 Å². The zero-order valence-electron chi connectivity index (χ0n) is 13.4. The van der Waals surface area contributed by atoms with Gasteiger partial charge in [-0.3, -0.25) is 4.79 Å². The topological polar surface area (TPSA) is 88.4 Å². The molecule has 0 radical (unpaired) electrons. The minimum absolute atomic E-state index is 0.415. The second-order valence-corrected chi connectivity index (χ2v) is 5.89. The predicted molar refractivity (Wildman–Crippen MR) is 95.0 cm³/mol. The first-order valence-corrected chi connectivity index (χ1v) is 8.16. The Kier molecular flexibility index (Phi) is 6.54. The van der Waals surface area contributed by atoms with Gasteiger partial charge >= 0.3 is 5.97 Å². The van der Waals surface area contributed by atoms with Crippen LogP contribution in [0.2, 0.25) is 0 Å². The molecular formula is C18H15BrN2O4. The summed E-state index contributed by atoms with van der Waals surface area (Å²) in [6.45, 7) is 1.10. The Labute approximate surface area is 153 Å². The van der Waals surface area contributed by atoms with E-state index >= 15 is 0 Å². The Bertz CT molecular complexity index is 799. The molecule has 25 heavy (non-hydrogen) atoms. The molecule has 1 atom stereocenters. The number of hydrogen-bond acceptors (Lipinski definition) is 5. The van der Waals surface area contributed by atoms with Crippen LogP contribution in [0.4, 0.5) is 5.69 Å². The Balaban J connectivity index is 1.81. The molecule has 0 unspecified atom stereocenters. The van der Waals surface area contributed by atoms with Gasteiger partial charge in [-0.2, -0.15) is 5.26 Å². The van der Waals surface area contributed by atoms with Crippen molar-refractivity contribution >= 4 is 33.5 Å². The molecule has 2 aromatic carbocycles. The van der Waals surface area contributed by atoms with Crippen LogP contribution in [-0.4, -0.2) is 24.6 Å². The van der Waals surface area contributed by atoms with Gasteiger partial charge in [-0.15, -0.1) is 0 Å². The summed E-state index contributed by atoms with van der Waals surface area (Å²) in [5.74, 6) is -0.682. The maximum Gasteiger partial charge on any atom is 0.347 e. The van der Waals surface area contributed by atoms with E-state index in [0.29, 0.717) is 17.0 Å². The molecule has 0 aromatic heterocycles. The third kappa shape index (κ3) is 5.62. The molecule has 0 bridgehead atoms. The van der Waals surface area contributed by atoms with Crippen LogP contribution in [0, 0.1) is 11.3 Å². The van der Waals surface area contributed by atoms with Gasteiger partial charge in [0.25, 0.3) is 5.91 Å². The van der Waals surface area contributed by atoms with Crippen LogP contribution in [0.25, 0.3) is 0 Å². The molecule has 0 saturated heterocycles. The van der Waals surface area contributed by atoms with Gasteiger partial charge in [-0.25, -0.2) is 4.79 Å². The molecule has 0 aliphatic heterocycles. The summed E-state index contributed by atoms with van der Waals surface area (Å²) in [5.41, 5.74) is 1.08. The zero-order chi connectivity index (χ0) is 18.2. The standard InChI is InChI=1S/C18H15BrN2O4/c1-12(25-14-8-6-13(10-20)7-9-14)18(23)24-11-17(22)21-16-5-3-2-4-15(16)19/h2-9,12H,11H2,1H3,(H,21,22)/t12-/m0/s1. The van der Waals surface area contributed by atoms with Crippen molar-refractivity contribution in [1.82, 2.24) is 0 Å². The molecule has 0 heterocycles. The number of hydrogen-bond donors (Lipinski definition) is 1. The van der Waals surface area contributed by atoms with E-state index in [9.17, 15) is 9.59 Å². The Morgan fingerprint density at radius 2 is 1.88 bits per heavy atom.